The Morgan fingerprint density at radius 1 is 1.29 bits per heavy atom. The summed E-state index contributed by atoms with van der Waals surface area (Å²) in [6.45, 7) is 13.3. The number of imidazole rings is 1. The van der Waals surface area contributed by atoms with Gasteiger partial charge in [0.25, 0.3) is 0 Å². The smallest absolute Gasteiger partial charge is 0.154 e. The van der Waals surface area contributed by atoms with E-state index in [1.807, 2.05) is 25.0 Å². The van der Waals surface area contributed by atoms with Crippen molar-refractivity contribution in [2.24, 2.45) is 4.99 Å². The van der Waals surface area contributed by atoms with Gasteiger partial charge < -0.3 is 9.88 Å². The molecule has 0 bridgehead atoms. The lowest BCUT2D eigenvalue weighted by atomic mass is 10.1. The highest BCUT2D eigenvalue weighted by molar-refractivity contribution is 7.11. The fourth-order valence-corrected chi connectivity index (χ4v) is 3.48. The van der Waals surface area contributed by atoms with Gasteiger partial charge in [-0.25, -0.2) is 9.98 Å². The monoisotopic (exact) mass is 393 g/mol. The minimum absolute atomic E-state index is 0.300. The van der Waals surface area contributed by atoms with E-state index in [9.17, 15) is 0 Å². The topological polar surface area (TPSA) is 55.1 Å². The molecule has 28 heavy (non-hydrogen) atoms. The minimum Gasteiger partial charge on any atom is -0.368 e. The van der Waals surface area contributed by atoms with Crippen LogP contribution in [-0.4, -0.2) is 26.8 Å². The average molecular weight is 394 g/mol. The van der Waals surface area contributed by atoms with Gasteiger partial charge in [-0.3, -0.25) is 4.98 Å². The number of aliphatic imine (C=N–C) groups is 1. The maximum Gasteiger partial charge on any atom is 0.154 e. The van der Waals surface area contributed by atoms with Gasteiger partial charge in [-0.15, -0.1) is 11.3 Å². The Labute approximate surface area is 170 Å². The summed E-state index contributed by atoms with van der Waals surface area (Å²) in [4.78, 5) is 14.6. The first-order valence-electron chi connectivity index (χ1n) is 9.45. The molecule has 0 radical (unpaired) electrons. The zero-order chi connectivity index (χ0) is 20.1. The molecular weight excluding hydrogens is 366 g/mol. The molecule has 0 amide bonds. The van der Waals surface area contributed by atoms with Crippen LogP contribution in [0.3, 0.4) is 0 Å². The van der Waals surface area contributed by atoms with E-state index in [1.54, 1.807) is 11.3 Å². The van der Waals surface area contributed by atoms with Crippen LogP contribution in [-0.2, 0) is 6.42 Å². The predicted octanol–water partition coefficient (Wildman–Crippen LogP) is 3.05. The van der Waals surface area contributed by atoms with E-state index in [1.165, 1.54) is 11.1 Å². The summed E-state index contributed by atoms with van der Waals surface area (Å²) in [7, 11) is 0. The third-order valence-electron chi connectivity index (χ3n) is 4.57. The Kier molecular flexibility index (Phi) is 6.41. The molecule has 6 heteroatoms. The van der Waals surface area contributed by atoms with Crippen molar-refractivity contribution in [3.63, 3.8) is 0 Å². The summed E-state index contributed by atoms with van der Waals surface area (Å²) in [5.41, 5.74) is 5.30. The molecule has 3 rings (SSSR count). The lowest BCUT2D eigenvalue weighted by Crippen LogP contribution is -2.35. The van der Waals surface area contributed by atoms with Gasteiger partial charge in [-0.1, -0.05) is 36.4 Å². The highest BCUT2D eigenvalue weighted by Crippen LogP contribution is 2.09. The Balaban J connectivity index is 1.91. The second kappa shape index (κ2) is 8.97. The van der Waals surface area contributed by atoms with Crippen molar-refractivity contribution in [2.45, 2.75) is 40.2 Å². The second-order valence-corrected chi connectivity index (χ2v) is 8.00. The van der Waals surface area contributed by atoms with Gasteiger partial charge in [0.1, 0.15) is 5.35 Å². The van der Waals surface area contributed by atoms with Crippen molar-refractivity contribution >= 4 is 29.4 Å². The van der Waals surface area contributed by atoms with Gasteiger partial charge in [-0.05, 0) is 39.7 Å². The van der Waals surface area contributed by atoms with Crippen molar-refractivity contribution in [2.75, 3.05) is 6.54 Å². The zero-order valence-corrected chi connectivity index (χ0v) is 17.8. The zero-order valence-electron chi connectivity index (χ0n) is 16.9. The highest BCUT2D eigenvalue weighted by atomic mass is 32.1. The van der Waals surface area contributed by atoms with Crippen LogP contribution in [0.15, 0.2) is 47.3 Å². The van der Waals surface area contributed by atoms with Gasteiger partial charge in [0.2, 0.25) is 0 Å². The molecular formula is C22H27N5S. The maximum atomic E-state index is 4.84. The second-order valence-electron chi connectivity index (χ2n) is 7.11. The quantitative estimate of drug-likeness (QED) is 0.628. The first-order valence-corrected chi connectivity index (χ1v) is 10.3. The van der Waals surface area contributed by atoms with Gasteiger partial charge in [0.05, 0.1) is 27.8 Å². The number of aromatic nitrogens is 3. The molecule has 2 heterocycles. The molecule has 0 aliphatic rings. The number of nitrogens with zero attached hydrogens (tertiary/aromatic N) is 4. The molecule has 0 saturated heterocycles. The molecule has 3 aromatic rings. The summed E-state index contributed by atoms with van der Waals surface area (Å²) < 4.78 is 2.06. The molecule has 0 spiro atoms. The average Bonchev–Trinajstić information content (AvgIpc) is 3.32. The van der Waals surface area contributed by atoms with E-state index in [0.29, 0.717) is 6.04 Å². The first kappa shape index (κ1) is 20.0. The summed E-state index contributed by atoms with van der Waals surface area (Å²) >= 11 is 1.58. The minimum atomic E-state index is 0.300. The molecule has 0 fully saturated rings. The first-order chi connectivity index (χ1) is 13.5. The Morgan fingerprint density at radius 3 is 2.64 bits per heavy atom. The lowest BCUT2D eigenvalue weighted by molar-refractivity contribution is 0.586. The normalized spacial score (nSPS) is 13.1. The predicted molar refractivity (Wildman–Crippen MR) is 118 cm³/mol. The fourth-order valence-electron chi connectivity index (χ4n) is 2.90. The van der Waals surface area contributed by atoms with E-state index in [0.717, 1.165) is 40.1 Å². The van der Waals surface area contributed by atoms with Gasteiger partial charge in [0.15, 0.2) is 5.82 Å². The van der Waals surface area contributed by atoms with E-state index < -0.39 is 0 Å². The molecule has 5 nitrogen and oxygen atoms in total. The van der Waals surface area contributed by atoms with E-state index in [2.05, 4.69) is 71.5 Å². The molecule has 1 N–H and O–H groups in total. The maximum absolute atomic E-state index is 4.84. The molecule has 1 aromatic carbocycles. The molecule has 146 valence electrons. The van der Waals surface area contributed by atoms with E-state index >= 15 is 0 Å². The number of thiazole rings is 1. The van der Waals surface area contributed by atoms with Crippen LogP contribution in [0.1, 0.15) is 42.8 Å². The lowest BCUT2D eigenvalue weighted by Gasteiger charge is -2.09. The van der Waals surface area contributed by atoms with Crippen molar-refractivity contribution in [1.29, 1.82) is 0 Å². The third kappa shape index (κ3) is 4.75. The van der Waals surface area contributed by atoms with Crippen LogP contribution in [0.4, 0.5) is 0 Å². The van der Waals surface area contributed by atoms with Crippen molar-refractivity contribution in [3.05, 3.63) is 69.0 Å². The summed E-state index contributed by atoms with van der Waals surface area (Å²) in [6, 6.07) is 8.93. The number of hydrogen-bond donors (Lipinski definition) is 1. The van der Waals surface area contributed by atoms with Crippen LogP contribution in [0.2, 0.25) is 0 Å². The number of nitrogens with one attached hydrogen (secondary N) is 1. The van der Waals surface area contributed by atoms with Gasteiger partial charge in [-0.2, -0.15) is 0 Å². The van der Waals surface area contributed by atoms with Crippen molar-refractivity contribution < 1.29 is 0 Å². The Bertz CT molecular complexity index is 1040. The van der Waals surface area contributed by atoms with E-state index in [-0.39, 0.29) is 0 Å². The van der Waals surface area contributed by atoms with Crippen LogP contribution >= 0.6 is 11.3 Å². The van der Waals surface area contributed by atoms with Crippen molar-refractivity contribution in [1.82, 2.24) is 19.9 Å². The van der Waals surface area contributed by atoms with Crippen LogP contribution in [0.5, 0.6) is 0 Å². The number of rotatable bonds is 7. The molecule has 0 saturated carbocycles. The highest BCUT2D eigenvalue weighted by Gasteiger charge is 2.07. The molecule has 2 aromatic heterocycles. The SMILES string of the molecule is C=c1/c(=C(\N=C(/C)c2cncs2)NCCc2ccc(C)cc2)ncn1C(C)C. The Hall–Kier alpha value is -2.73. The number of benzene rings is 1. The Morgan fingerprint density at radius 2 is 2.04 bits per heavy atom. The van der Waals surface area contributed by atoms with Crippen LogP contribution in [0, 0.1) is 6.92 Å². The van der Waals surface area contributed by atoms with E-state index in [4.69, 9.17) is 4.99 Å². The molecule has 0 unspecified atom stereocenters. The molecule has 0 aliphatic heterocycles. The molecule has 0 atom stereocenters. The summed E-state index contributed by atoms with van der Waals surface area (Å²) in [5, 5.41) is 5.14. The molecule has 0 aliphatic carbocycles. The summed E-state index contributed by atoms with van der Waals surface area (Å²) in [5.74, 6) is 0.752. The van der Waals surface area contributed by atoms with Gasteiger partial charge in [0, 0.05) is 18.8 Å². The number of hydrogen-bond acceptors (Lipinski definition) is 5. The van der Waals surface area contributed by atoms with Crippen LogP contribution in [0.25, 0.3) is 12.4 Å². The largest absolute Gasteiger partial charge is 0.368 e. The van der Waals surface area contributed by atoms with Crippen molar-refractivity contribution in [3.8, 4) is 0 Å². The van der Waals surface area contributed by atoms with Crippen LogP contribution < -0.4 is 16.0 Å². The standard InChI is InChI=1S/C22H27N5S/c1-15(2)27-13-25-21(18(27)5)22(26-17(4)20-12-23-14-28-20)24-11-10-19-8-6-16(3)7-9-19/h6-9,12-15,24H,5,10-11H2,1-4H3/b22-21+,26-17+. The number of aryl methyl sites for hydroxylation is 1. The fraction of sp³-hybridized carbons (Fsp3) is 0.318. The summed E-state index contributed by atoms with van der Waals surface area (Å²) in [6.07, 6.45) is 4.59. The van der Waals surface area contributed by atoms with Gasteiger partial charge >= 0.3 is 0 Å². The third-order valence-corrected chi connectivity index (χ3v) is 5.45.